The first-order chi connectivity index (χ1) is 9.88. The molecule has 0 saturated heterocycles. The van der Waals surface area contributed by atoms with Gasteiger partial charge in [0.1, 0.15) is 10.0 Å². The number of hydrogen-bond donors (Lipinski definition) is 1. The third-order valence-corrected chi connectivity index (χ3v) is 5.04. The molecule has 0 aliphatic heterocycles. The van der Waals surface area contributed by atoms with Crippen molar-refractivity contribution in [3.8, 4) is 0 Å². The van der Waals surface area contributed by atoms with Crippen LogP contribution in [0.3, 0.4) is 0 Å². The Morgan fingerprint density at radius 1 is 1.10 bits per heavy atom. The van der Waals surface area contributed by atoms with Crippen LogP contribution < -0.4 is 5.32 Å². The molecule has 0 aromatic carbocycles. The molecule has 0 bridgehead atoms. The number of ether oxygens (including phenoxy) is 1. The Bertz CT molecular complexity index is 364. The number of hydrogen-bond acceptors (Lipinski definition) is 5. The van der Waals surface area contributed by atoms with E-state index in [2.05, 4.69) is 15.5 Å². The van der Waals surface area contributed by atoms with Crippen molar-refractivity contribution in [1.82, 2.24) is 15.5 Å². The van der Waals surface area contributed by atoms with Gasteiger partial charge in [0.15, 0.2) is 0 Å². The molecule has 20 heavy (non-hydrogen) atoms. The molecule has 1 heterocycles. The lowest BCUT2D eigenvalue weighted by Crippen LogP contribution is -2.21. The van der Waals surface area contributed by atoms with Gasteiger partial charge in [0.05, 0.1) is 6.61 Å². The van der Waals surface area contributed by atoms with Gasteiger partial charge in [-0.3, -0.25) is 0 Å². The van der Waals surface area contributed by atoms with Crippen molar-refractivity contribution in [2.45, 2.75) is 51.4 Å². The molecule has 1 aliphatic rings. The second-order valence-electron chi connectivity index (χ2n) is 5.63. The van der Waals surface area contributed by atoms with Crippen molar-refractivity contribution in [3.63, 3.8) is 0 Å². The summed E-state index contributed by atoms with van der Waals surface area (Å²) in [6, 6.07) is 0. The van der Waals surface area contributed by atoms with Gasteiger partial charge in [0.2, 0.25) is 0 Å². The van der Waals surface area contributed by atoms with Crippen LogP contribution in [0.5, 0.6) is 0 Å². The number of rotatable bonds is 9. The third kappa shape index (κ3) is 5.85. The van der Waals surface area contributed by atoms with Crippen molar-refractivity contribution in [3.05, 3.63) is 10.0 Å². The number of nitrogens with one attached hydrogen (secondary N) is 1. The van der Waals surface area contributed by atoms with E-state index in [1.54, 1.807) is 18.4 Å². The lowest BCUT2D eigenvalue weighted by atomic mass is 9.86. The number of nitrogens with zero attached hydrogens (tertiary/aromatic N) is 2. The van der Waals surface area contributed by atoms with E-state index < -0.39 is 0 Å². The highest BCUT2D eigenvalue weighted by Crippen LogP contribution is 2.27. The molecule has 1 saturated carbocycles. The molecule has 2 rings (SSSR count). The van der Waals surface area contributed by atoms with E-state index >= 15 is 0 Å². The Balaban J connectivity index is 1.61. The zero-order chi connectivity index (χ0) is 14.0. The summed E-state index contributed by atoms with van der Waals surface area (Å²) in [6.45, 7) is 2.63. The molecular formula is C15H27N3OS. The first-order valence-electron chi connectivity index (χ1n) is 7.89. The van der Waals surface area contributed by atoms with Crippen LogP contribution in [0, 0.1) is 5.92 Å². The molecule has 4 nitrogen and oxygen atoms in total. The lowest BCUT2D eigenvalue weighted by Gasteiger charge is -2.20. The maximum Gasteiger partial charge on any atom is 0.118 e. The van der Waals surface area contributed by atoms with Crippen LogP contribution in [-0.2, 0) is 17.6 Å². The van der Waals surface area contributed by atoms with Gasteiger partial charge in [-0.2, -0.15) is 0 Å². The highest BCUT2D eigenvalue weighted by molar-refractivity contribution is 7.11. The van der Waals surface area contributed by atoms with E-state index in [0.29, 0.717) is 0 Å². The van der Waals surface area contributed by atoms with Gasteiger partial charge < -0.3 is 10.1 Å². The maximum absolute atomic E-state index is 5.00. The molecule has 5 heteroatoms. The van der Waals surface area contributed by atoms with E-state index in [4.69, 9.17) is 4.74 Å². The van der Waals surface area contributed by atoms with Crippen molar-refractivity contribution in [2.75, 3.05) is 26.8 Å². The molecule has 1 aliphatic carbocycles. The largest absolute Gasteiger partial charge is 0.383 e. The van der Waals surface area contributed by atoms with Gasteiger partial charge in [-0.15, -0.1) is 21.5 Å². The SMILES string of the molecule is COCCNCCc1nnc(CCC2CCCCC2)s1. The highest BCUT2D eigenvalue weighted by Gasteiger charge is 2.14. The Kier molecular flexibility index (Phi) is 7.47. The molecule has 0 radical (unpaired) electrons. The molecule has 0 atom stereocenters. The summed E-state index contributed by atoms with van der Waals surface area (Å²) in [6.07, 6.45) is 10.6. The van der Waals surface area contributed by atoms with Crippen LogP contribution in [0.1, 0.15) is 48.5 Å². The Morgan fingerprint density at radius 3 is 2.60 bits per heavy atom. The molecule has 1 aromatic heterocycles. The van der Waals surface area contributed by atoms with Crippen LogP contribution in [0.25, 0.3) is 0 Å². The predicted octanol–water partition coefficient (Wildman–Crippen LogP) is 2.83. The Labute approximate surface area is 126 Å². The summed E-state index contributed by atoms with van der Waals surface area (Å²) in [7, 11) is 1.73. The monoisotopic (exact) mass is 297 g/mol. The van der Waals surface area contributed by atoms with Gasteiger partial charge in [-0.1, -0.05) is 32.1 Å². The fourth-order valence-corrected chi connectivity index (χ4v) is 3.65. The summed E-state index contributed by atoms with van der Waals surface area (Å²) in [5.74, 6) is 0.937. The minimum atomic E-state index is 0.767. The Morgan fingerprint density at radius 2 is 1.85 bits per heavy atom. The standard InChI is InChI=1S/C15H27N3OS/c1-19-12-11-16-10-9-15-18-17-14(20-15)8-7-13-5-3-2-4-6-13/h13,16H,2-12H2,1H3. The molecule has 1 aromatic rings. The first kappa shape index (κ1) is 15.9. The first-order valence-corrected chi connectivity index (χ1v) is 8.71. The molecular weight excluding hydrogens is 270 g/mol. The van der Waals surface area contributed by atoms with Crippen LogP contribution in [-0.4, -0.2) is 37.0 Å². The number of methoxy groups -OCH3 is 1. The van der Waals surface area contributed by atoms with Gasteiger partial charge in [-0.05, 0) is 12.3 Å². The lowest BCUT2D eigenvalue weighted by molar-refractivity contribution is 0.199. The average molecular weight is 297 g/mol. The molecule has 1 fully saturated rings. The average Bonchev–Trinajstić information content (AvgIpc) is 2.94. The number of aromatic nitrogens is 2. The fourth-order valence-electron chi connectivity index (χ4n) is 2.79. The van der Waals surface area contributed by atoms with Crippen molar-refractivity contribution in [1.29, 1.82) is 0 Å². The van der Waals surface area contributed by atoms with Crippen molar-refractivity contribution < 1.29 is 4.74 Å². The summed E-state index contributed by atoms with van der Waals surface area (Å²) in [5, 5.41) is 14.4. The molecule has 0 spiro atoms. The second kappa shape index (κ2) is 9.42. The van der Waals surface area contributed by atoms with E-state index in [1.807, 2.05) is 0 Å². The minimum absolute atomic E-state index is 0.767. The van der Waals surface area contributed by atoms with E-state index in [1.165, 1.54) is 43.5 Å². The smallest absolute Gasteiger partial charge is 0.118 e. The Hall–Kier alpha value is -0.520. The van der Waals surface area contributed by atoms with Gasteiger partial charge in [0.25, 0.3) is 0 Å². The quantitative estimate of drug-likeness (QED) is 0.712. The molecule has 0 amide bonds. The second-order valence-corrected chi connectivity index (χ2v) is 6.77. The van der Waals surface area contributed by atoms with Gasteiger partial charge >= 0.3 is 0 Å². The minimum Gasteiger partial charge on any atom is -0.383 e. The molecule has 0 unspecified atom stereocenters. The van der Waals surface area contributed by atoms with Crippen molar-refractivity contribution in [2.24, 2.45) is 5.92 Å². The van der Waals surface area contributed by atoms with E-state index in [-0.39, 0.29) is 0 Å². The maximum atomic E-state index is 5.00. The summed E-state index contributed by atoms with van der Waals surface area (Å²) >= 11 is 1.79. The van der Waals surface area contributed by atoms with Crippen LogP contribution in [0.2, 0.25) is 0 Å². The van der Waals surface area contributed by atoms with Crippen LogP contribution >= 0.6 is 11.3 Å². The van der Waals surface area contributed by atoms with Gasteiger partial charge in [-0.25, -0.2) is 0 Å². The molecule has 114 valence electrons. The van der Waals surface area contributed by atoms with Crippen LogP contribution in [0.15, 0.2) is 0 Å². The zero-order valence-electron chi connectivity index (χ0n) is 12.6. The molecule has 1 N–H and O–H groups in total. The van der Waals surface area contributed by atoms with Crippen molar-refractivity contribution >= 4 is 11.3 Å². The van der Waals surface area contributed by atoms with Gasteiger partial charge in [0, 0.05) is 33.0 Å². The normalized spacial score (nSPS) is 16.6. The van der Waals surface area contributed by atoms with E-state index in [9.17, 15) is 0 Å². The third-order valence-electron chi connectivity index (χ3n) is 4.00. The zero-order valence-corrected chi connectivity index (χ0v) is 13.4. The predicted molar refractivity (Wildman–Crippen MR) is 83.3 cm³/mol. The topological polar surface area (TPSA) is 47.0 Å². The highest BCUT2D eigenvalue weighted by atomic mass is 32.1. The summed E-state index contributed by atoms with van der Waals surface area (Å²) in [5.41, 5.74) is 0. The van der Waals surface area contributed by atoms with E-state index in [0.717, 1.165) is 43.5 Å². The number of aryl methyl sites for hydroxylation is 1. The fraction of sp³-hybridized carbons (Fsp3) is 0.867. The summed E-state index contributed by atoms with van der Waals surface area (Å²) in [4.78, 5) is 0. The van der Waals surface area contributed by atoms with Crippen LogP contribution in [0.4, 0.5) is 0 Å². The summed E-state index contributed by atoms with van der Waals surface area (Å²) < 4.78 is 5.00.